The first-order chi connectivity index (χ1) is 6.63. The van der Waals surface area contributed by atoms with E-state index in [0.29, 0.717) is 6.04 Å². The van der Waals surface area contributed by atoms with Crippen LogP contribution in [-0.2, 0) is 6.54 Å². The zero-order chi connectivity index (χ0) is 10.6. The molecule has 76 valence electrons. The van der Waals surface area contributed by atoms with Gasteiger partial charge in [0.1, 0.15) is 0 Å². The minimum atomic E-state index is 0.345. The molecular formula is C11H13Br2N. The van der Waals surface area contributed by atoms with E-state index in [9.17, 15) is 0 Å². The van der Waals surface area contributed by atoms with Gasteiger partial charge in [0, 0.05) is 21.5 Å². The van der Waals surface area contributed by atoms with E-state index in [1.165, 1.54) is 5.56 Å². The lowest BCUT2D eigenvalue weighted by molar-refractivity contribution is 0.634. The maximum absolute atomic E-state index is 3.73. The summed E-state index contributed by atoms with van der Waals surface area (Å²) in [5.41, 5.74) is 1.26. The van der Waals surface area contributed by atoms with Crippen molar-refractivity contribution >= 4 is 31.9 Å². The Hall–Kier alpha value is -0.120. The van der Waals surface area contributed by atoms with Gasteiger partial charge in [0.05, 0.1) is 0 Å². The lowest BCUT2D eigenvalue weighted by Crippen LogP contribution is -2.22. The van der Waals surface area contributed by atoms with Gasteiger partial charge in [-0.05, 0) is 56.5 Å². The molecule has 1 unspecified atom stereocenters. The van der Waals surface area contributed by atoms with Crippen LogP contribution in [-0.4, -0.2) is 6.04 Å². The Morgan fingerprint density at radius 1 is 1.43 bits per heavy atom. The molecule has 0 spiro atoms. The highest BCUT2D eigenvalue weighted by molar-refractivity contribution is 9.13. The molecule has 0 amide bonds. The number of hydrogen-bond acceptors (Lipinski definition) is 1. The van der Waals surface area contributed by atoms with Gasteiger partial charge in [-0.15, -0.1) is 6.58 Å². The highest BCUT2D eigenvalue weighted by atomic mass is 79.9. The van der Waals surface area contributed by atoms with E-state index in [2.05, 4.69) is 62.8 Å². The van der Waals surface area contributed by atoms with E-state index in [1.54, 1.807) is 0 Å². The second-order valence-electron chi connectivity index (χ2n) is 3.15. The van der Waals surface area contributed by atoms with Crippen molar-refractivity contribution in [1.29, 1.82) is 0 Å². The minimum Gasteiger partial charge on any atom is -0.307 e. The number of rotatable bonds is 4. The molecule has 0 radical (unpaired) electrons. The zero-order valence-corrected chi connectivity index (χ0v) is 11.2. The molecule has 1 rings (SSSR count). The normalized spacial score (nSPS) is 12.5. The van der Waals surface area contributed by atoms with Crippen LogP contribution in [0.4, 0.5) is 0 Å². The van der Waals surface area contributed by atoms with E-state index in [0.717, 1.165) is 15.5 Å². The third-order valence-electron chi connectivity index (χ3n) is 1.97. The van der Waals surface area contributed by atoms with E-state index < -0.39 is 0 Å². The fourth-order valence-corrected chi connectivity index (χ4v) is 1.68. The first kappa shape index (κ1) is 12.0. The maximum Gasteiger partial charge on any atom is 0.0320 e. The molecule has 14 heavy (non-hydrogen) atoms. The maximum atomic E-state index is 3.73. The standard InChI is InChI=1S/C11H13Br2N/c1-3-8(2)14-7-9-4-5-10(12)11(13)6-9/h3-6,8,14H,1,7H2,2H3. The average molecular weight is 319 g/mol. The zero-order valence-electron chi connectivity index (χ0n) is 8.06. The largest absolute Gasteiger partial charge is 0.307 e. The van der Waals surface area contributed by atoms with Crippen LogP contribution in [0.5, 0.6) is 0 Å². The summed E-state index contributed by atoms with van der Waals surface area (Å²) in [7, 11) is 0. The Labute approximate surface area is 102 Å². The van der Waals surface area contributed by atoms with Crippen LogP contribution in [0.1, 0.15) is 12.5 Å². The van der Waals surface area contributed by atoms with E-state index in [-0.39, 0.29) is 0 Å². The Bertz CT molecular complexity index is 323. The quantitative estimate of drug-likeness (QED) is 0.831. The van der Waals surface area contributed by atoms with Crippen LogP contribution in [0, 0.1) is 0 Å². The van der Waals surface area contributed by atoms with Crippen molar-refractivity contribution < 1.29 is 0 Å². The van der Waals surface area contributed by atoms with E-state index >= 15 is 0 Å². The Morgan fingerprint density at radius 3 is 2.71 bits per heavy atom. The third-order valence-corrected chi connectivity index (χ3v) is 3.85. The van der Waals surface area contributed by atoms with Gasteiger partial charge in [-0.3, -0.25) is 0 Å². The van der Waals surface area contributed by atoms with E-state index in [4.69, 9.17) is 0 Å². The lowest BCUT2D eigenvalue weighted by Gasteiger charge is -2.09. The summed E-state index contributed by atoms with van der Waals surface area (Å²) in [5, 5.41) is 3.34. The molecule has 0 aliphatic heterocycles. The molecule has 1 aromatic carbocycles. The van der Waals surface area contributed by atoms with Crippen molar-refractivity contribution in [3.8, 4) is 0 Å². The number of nitrogens with one attached hydrogen (secondary N) is 1. The molecular weight excluding hydrogens is 306 g/mol. The van der Waals surface area contributed by atoms with E-state index in [1.807, 2.05) is 12.1 Å². The first-order valence-corrected chi connectivity index (χ1v) is 6.02. The molecule has 1 N–H and O–H groups in total. The van der Waals surface area contributed by atoms with Crippen LogP contribution < -0.4 is 5.32 Å². The van der Waals surface area contributed by atoms with Crippen molar-refractivity contribution in [2.75, 3.05) is 0 Å². The Morgan fingerprint density at radius 2 is 2.14 bits per heavy atom. The van der Waals surface area contributed by atoms with Crippen molar-refractivity contribution in [3.63, 3.8) is 0 Å². The van der Waals surface area contributed by atoms with Crippen molar-refractivity contribution in [1.82, 2.24) is 5.32 Å². The topological polar surface area (TPSA) is 12.0 Å². The van der Waals surface area contributed by atoms with Crippen molar-refractivity contribution in [3.05, 3.63) is 45.4 Å². The molecule has 1 aromatic rings. The molecule has 1 nitrogen and oxygen atoms in total. The van der Waals surface area contributed by atoms with Gasteiger partial charge in [-0.25, -0.2) is 0 Å². The summed E-state index contributed by atoms with van der Waals surface area (Å²) in [6, 6.07) is 6.59. The monoisotopic (exact) mass is 317 g/mol. The van der Waals surface area contributed by atoms with Gasteiger partial charge in [0.2, 0.25) is 0 Å². The Kier molecular flexibility index (Phi) is 4.85. The van der Waals surface area contributed by atoms with Crippen molar-refractivity contribution in [2.24, 2.45) is 0 Å². The third kappa shape index (κ3) is 3.56. The second kappa shape index (κ2) is 5.69. The minimum absolute atomic E-state index is 0.345. The summed E-state index contributed by atoms with van der Waals surface area (Å²) >= 11 is 6.91. The molecule has 0 saturated carbocycles. The fourth-order valence-electron chi connectivity index (χ4n) is 1.01. The molecule has 0 aliphatic rings. The number of benzene rings is 1. The number of hydrogen-bond donors (Lipinski definition) is 1. The fraction of sp³-hybridized carbons (Fsp3) is 0.273. The molecule has 0 aromatic heterocycles. The van der Waals surface area contributed by atoms with Gasteiger partial charge >= 0.3 is 0 Å². The second-order valence-corrected chi connectivity index (χ2v) is 4.86. The molecule has 0 saturated heterocycles. The highest BCUT2D eigenvalue weighted by Gasteiger charge is 1.99. The predicted octanol–water partition coefficient (Wildman–Crippen LogP) is 3.88. The highest BCUT2D eigenvalue weighted by Crippen LogP contribution is 2.23. The smallest absolute Gasteiger partial charge is 0.0320 e. The SMILES string of the molecule is C=CC(C)NCc1ccc(Br)c(Br)c1. The lowest BCUT2D eigenvalue weighted by atomic mass is 10.2. The van der Waals surface area contributed by atoms with Gasteiger partial charge in [0.15, 0.2) is 0 Å². The number of halogens is 2. The molecule has 0 aliphatic carbocycles. The molecule has 0 heterocycles. The van der Waals surface area contributed by atoms with Crippen LogP contribution in [0.2, 0.25) is 0 Å². The average Bonchev–Trinajstić information content (AvgIpc) is 2.19. The summed E-state index contributed by atoms with van der Waals surface area (Å²) in [4.78, 5) is 0. The van der Waals surface area contributed by atoms with Crippen LogP contribution in [0.3, 0.4) is 0 Å². The molecule has 0 bridgehead atoms. The predicted molar refractivity (Wildman–Crippen MR) is 68.3 cm³/mol. The summed E-state index contributed by atoms with van der Waals surface area (Å²) < 4.78 is 2.17. The van der Waals surface area contributed by atoms with Crippen LogP contribution in [0.15, 0.2) is 39.8 Å². The van der Waals surface area contributed by atoms with Crippen LogP contribution >= 0.6 is 31.9 Å². The summed E-state index contributed by atoms with van der Waals surface area (Å²) in [5.74, 6) is 0. The summed E-state index contributed by atoms with van der Waals surface area (Å²) in [6.45, 7) is 6.67. The van der Waals surface area contributed by atoms with Crippen LogP contribution in [0.25, 0.3) is 0 Å². The van der Waals surface area contributed by atoms with Gasteiger partial charge in [-0.2, -0.15) is 0 Å². The first-order valence-electron chi connectivity index (χ1n) is 4.43. The van der Waals surface area contributed by atoms with Crippen molar-refractivity contribution in [2.45, 2.75) is 19.5 Å². The van der Waals surface area contributed by atoms with Gasteiger partial charge in [0.25, 0.3) is 0 Å². The Balaban J connectivity index is 2.59. The summed E-state index contributed by atoms with van der Waals surface area (Å²) in [6.07, 6.45) is 1.90. The van der Waals surface area contributed by atoms with Gasteiger partial charge in [-0.1, -0.05) is 12.1 Å². The molecule has 3 heteroatoms. The molecule has 1 atom stereocenters. The van der Waals surface area contributed by atoms with Gasteiger partial charge < -0.3 is 5.32 Å². The molecule has 0 fully saturated rings.